The van der Waals surface area contributed by atoms with Crippen molar-refractivity contribution >= 4 is 23.5 Å². The number of urea groups is 1. The smallest absolute Gasteiger partial charge is 0.329 e. The number of anilines is 1. The molecule has 1 saturated heterocycles. The van der Waals surface area contributed by atoms with Crippen LogP contribution >= 0.6 is 0 Å². The van der Waals surface area contributed by atoms with Crippen molar-refractivity contribution in [2.24, 2.45) is 0 Å². The van der Waals surface area contributed by atoms with Crippen molar-refractivity contribution in [1.82, 2.24) is 10.2 Å². The summed E-state index contributed by atoms with van der Waals surface area (Å²) in [5, 5.41) is 2.22. The van der Waals surface area contributed by atoms with Crippen LogP contribution in [0.25, 0.3) is 0 Å². The van der Waals surface area contributed by atoms with Crippen LogP contribution in [-0.2, 0) is 11.2 Å². The van der Waals surface area contributed by atoms with E-state index in [0.717, 1.165) is 11.1 Å². The molecule has 0 aliphatic carbocycles. The van der Waals surface area contributed by atoms with Crippen molar-refractivity contribution in [2.45, 2.75) is 19.4 Å². The third-order valence-corrected chi connectivity index (χ3v) is 5.13. The lowest BCUT2D eigenvalue weighted by Crippen LogP contribution is -2.39. The highest BCUT2D eigenvalue weighted by Crippen LogP contribution is 2.31. The molecular formula is C20H18FN3O3. The Labute approximate surface area is 155 Å². The SMILES string of the molecule is C[C@@H]1c2cc(F)ccc2CCN1C(=O)c1ccc(N2CC(=O)NC2=O)cc1. The highest BCUT2D eigenvalue weighted by Gasteiger charge is 2.30. The summed E-state index contributed by atoms with van der Waals surface area (Å²) in [6, 6.07) is 10.6. The number of rotatable bonds is 2. The highest BCUT2D eigenvalue weighted by molar-refractivity contribution is 6.12. The summed E-state index contributed by atoms with van der Waals surface area (Å²) in [6.07, 6.45) is 0.680. The first-order valence-electron chi connectivity index (χ1n) is 8.75. The second-order valence-corrected chi connectivity index (χ2v) is 6.75. The third kappa shape index (κ3) is 3.05. The fourth-order valence-corrected chi connectivity index (χ4v) is 3.66. The van der Waals surface area contributed by atoms with Crippen molar-refractivity contribution in [3.05, 3.63) is 65.0 Å². The fourth-order valence-electron chi connectivity index (χ4n) is 3.66. The third-order valence-electron chi connectivity index (χ3n) is 5.13. The van der Waals surface area contributed by atoms with Crippen LogP contribution < -0.4 is 10.2 Å². The number of nitrogens with one attached hydrogen (secondary N) is 1. The van der Waals surface area contributed by atoms with Gasteiger partial charge in [0, 0.05) is 17.8 Å². The molecule has 1 N–H and O–H groups in total. The first-order chi connectivity index (χ1) is 12.9. The molecule has 138 valence electrons. The average Bonchev–Trinajstić information content (AvgIpc) is 3.00. The molecule has 2 heterocycles. The van der Waals surface area contributed by atoms with Gasteiger partial charge in [0.15, 0.2) is 0 Å². The Morgan fingerprint density at radius 1 is 1.15 bits per heavy atom. The number of imide groups is 1. The summed E-state index contributed by atoms with van der Waals surface area (Å²) in [4.78, 5) is 39.0. The molecule has 2 aromatic carbocycles. The molecule has 0 unspecified atom stereocenters. The zero-order valence-electron chi connectivity index (χ0n) is 14.7. The Morgan fingerprint density at radius 3 is 2.56 bits per heavy atom. The maximum Gasteiger partial charge on any atom is 0.329 e. The maximum atomic E-state index is 13.6. The summed E-state index contributed by atoms with van der Waals surface area (Å²) in [5.41, 5.74) is 2.93. The lowest BCUT2D eigenvalue weighted by molar-refractivity contribution is -0.117. The van der Waals surface area contributed by atoms with E-state index in [-0.39, 0.29) is 30.2 Å². The van der Waals surface area contributed by atoms with Gasteiger partial charge in [-0.15, -0.1) is 0 Å². The molecule has 2 aliphatic heterocycles. The number of hydrogen-bond donors (Lipinski definition) is 1. The van der Waals surface area contributed by atoms with Crippen LogP contribution in [0.1, 0.15) is 34.5 Å². The molecule has 4 amide bonds. The summed E-state index contributed by atoms with van der Waals surface area (Å²) < 4.78 is 13.6. The van der Waals surface area contributed by atoms with Crippen LogP contribution in [0.2, 0.25) is 0 Å². The Morgan fingerprint density at radius 2 is 1.89 bits per heavy atom. The molecule has 6 nitrogen and oxygen atoms in total. The van der Waals surface area contributed by atoms with E-state index < -0.39 is 6.03 Å². The molecular weight excluding hydrogens is 349 g/mol. The average molecular weight is 367 g/mol. The minimum absolute atomic E-state index is 0.0301. The van der Waals surface area contributed by atoms with E-state index in [4.69, 9.17) is 0 Å². The van der Waals surface area contributed by atoms with E-state index in [1.807, 2.05) is 6.92 Å². The molecule has 0 spiro atoms. The largest absolute Gasteiger partial charge is 0.332 e. The number of benzene rings is 2. The van der Waals surface area contributed by atoms with Gasteiger partial charge < -0.3 is 4.90 Å². The predicted molar refractivity (Wildman–Crippen MR) is 96.9 cm³/mol. The number of carbonyl (C=O) groups is 3. The van der Waals surface area contributed by atoms with Gasteiger partial charge in [0.25, 0.3) is 5.91 Å². The van der Waals surface area contributed by atoms with Crippen LogP contribution in [0, 0.1) is 5.82 Å². The second-order valence-electron chi connectivity index (χ2n) is 6.75. The van der Waals surface area contributed by atoms with Gasteiger partial charge in [-0.1, -0.05) is 6.07 Å². The van der Waals surface area contributed by atoms with Gasteiger partial charge in [0.1, 0.15) is 12.4 Å². The second kappa shape index (κ2) is 6.50. The number of fused-ring (bicyclic) bond motifs is 1. The molecule has 27 heavy (non-hydrogen) atoms. The van der Waals surface area contributed by atoms with E-state index in [2.05, 4.69) is 5.32 Å². The minimum Gasteiger partial charge on any atom is -0.332 e. The lowest BCUT2D eigenvalue weighted by Gasteiger charge is -2.35. The minimum atomic E-state index is -0.470. The van der Waals surface area contributed by atoms with Crippen LogP contribution in [0.15, 0.2) is 42.5 Å². The van der Waals surface area contributed by atoms with Crippen LogP contribution in [0.3, 0.4) is 0 Å². The van der Waals surface area contributed by atoms with Gasteiger partial charge in [-0.05, 0) is 60.9 Å². The van der Waals surface area contributed by atoms with Crippen LogP contribution in [0.5, 0.6) is 0 Å². The lowest BCUT2D eigenvalue weighted by atomic mass is 9.93. The predicted octanol–water partition coefficient (Wildman–Crippen LogP) is 2.64. The maximum absolute atomic E-state index is 13.6. The Kier molecular flexibility index (Phi) is 4.14. The Balaban J connectivity index is 1.55. The molecule has 4 rings (SSSR count). The van der Waals surface area contributed by atoms with Gasteiger partial charge in [0.05, 0.1) is 6.04 Å². The topological polar surface area (TPSA) is 69.7 Å². The number of amides is 4. The van der Waals surface area contributed by atoms with Crippen molar-refractivity contribution < 1.29 is 18.8 Å². The molecule has 2 aromatic rings. The van der Waals surface area contributed by atoms with Gasteiger partial charge in [-0.3, -0.25) is 19.8 Å². The van der Waals surface area contributed by atoms with Gasteiger partial charge in [-0.25, -0.2) is 9.18 Å². The van der Waals surface area contributed by atoms with E-state index in [1.165, 1.54) is 17.0 Å². The zero-order chi connectivity index (χ0) is 19.1. The standard InChI is InChI=1S/C20H18FN3O3/c1-12-17-10-15(21)5-2-13(17)8-9-23(12)19(26)14-3-6-16(7-4-14)24-11-18(25)22-20(24)27/h2-7,10,12H,8-9,11H2,1H3,(H,22,25,27)/t12-/m1/s1. The van der Waals surface area contributed by atoms with Crippen molar-refractivity contribution in [3.63, 3.8) is 0 Å². The van der Waals surface area contributed by atoms with Crippen LogP contribution in [-0.4, -0.2) is 35.8 Å². The number of hydrogen-bond acceptors (Lipinski definition) is 3. The normalized spacial score (nSPS) is 19.1. The molecule has 0 bridgehead atoms. The fraction of sp³-hybridized carbons (Fsp3) is 0.250. The Bertz CT molecular complexity index is 942. The van der Waals surface area contributed by atoms with Gasteiger partial charge >= 0.3 is 6.03 Å². The Hall–Kier alpha value is -3.22. The molecule has 1 fully saturated rings. The number of nitrogens with zero attached hydrogens (tertiary/aromatic N) is 2. The van der Waals surface area contributed by atoms with Crippen molar-refractivity contribution in [1.29, 1.82) is 0 Å². The molecule has 2 aliphatic rings. The van der Waals surface area contributed by atoms with E-state index in [1.54, 1.807) is 35.2 Å². The van der Waals surface area contributed by atoms with Gasteiger partial charge in [-0.2, -0.15) is 0 Å². The first kappa shape index (κ1) is 17.2. The van der Waals surface area contributed by atoms with E-state index in [0.29, 0.717) is 24.2 Å². The zero-order valence-corrected chi connectivity index (χ0v) is 14.7. The number of halogens is 1. The molecule has 0 radical (unpaired) electrons. The molecule has 7 heteroatoms. The summed E-state index contributed by atoms with van der Waals surface area (Å²) in [6.45, 7) is 2.42. The first-order valence-corrected chi connectivity index (χ1v) is 8.75. The summed E-state index contributed by atoms with van der Waals surface area (Å²) >= 11 is 0. The summed E-state index contributed by atoms with van der Waals surface area (Å²) in [7, 11) is 0. The van der Waals surface area contributed by atoms with Crippen molar-refractivity contribution in [2.75, 3.05) is 18.0 Å². The van der Waals surface area contributed by atoms with Crippen molar-refractivity contribution in [3.8, 4) is 0 Å². The quantitative estimate of drug-likeness (QED) is 0.830. The van der Waals surface area contributed by atoms with Gasteiger partial charge in [0.2, 0.25) is 5.91 Å². The highest BCUT2D eigenvalue weighted by atomic mass is 19.1. The van der Waals surface area contributed by atoms with Crippen LogP contribution in [0.4, 0.5) is 14.9 Å². The number of carbonyl (C=O) groups excluding carboxylic acids is 3. The van der Waals surface area contributed by atoms with E-state index in [9.17, 15) is 18.8 Å². The van der Waals surface area contributed by atoms with E-state index >= 15 is 0 Å². The molecule has 0 aromatic heterocycles. The monoisotopic (exact) mass is 367 g/mol. The summed E-state index contributed by atoms with van der Waals surface area (Å²) in [5.74, 6) is -0.809. The molecule has 1 atom stereocenters. The molecule has 0 saturated carbocycles.